The van der Waals surface area contributed by atoms with Crippen LogP contribution in [0.3, 0.4) is 0 Å². The highest BCUT2D eigenvalue weighted by Gasteiger charge is 2.15. The molecule has 1 unspecified atom stereocenters. The van der Waals surface area contributed by atoms with Gasteiger partial charge in [-0.15, -0.1) is 0 Å². The Bertz CT molecular complexity index is 385. The Hall–Kier alpha value is -0.970. The fraction of sp³-hybridized carbons (Fsp3) is 0.647. The van der Waals surface area contributed by atoms with Crippen molar-refractivity contribution in [2.24, 2.45) is 0 Å². The fourth-order valence-electron chi connectivity index (χ4n) is 2.23. The number of nitrogens with one attached hydrogen (secondary N) is 1. The lowest BCUT2D eigenvalue weighted by molar-refractivity contribution is 0.0681. The van der Waals surface area contributed by atoms with E-state index < -0.39 is 0 Å². The predicted octanol–water partition coefficient (Wildman–Crippen LogP) is 3.35. The van der Waals surface area contributed by atoms with Crippen LogP contribution >= 0.6 is 0 Å². The van der Waals surface area contributed by atoms with E-state index in [1.807, 2.05) is 12.1 Å². The van der Waals surface area contributed by atoms with E-state index in [0.29, 0.717) is 25.9 Å². The summed E-state index contributed by atoms with van der Waals surface area (Å²) in [5, 5.41) is 3.41. The molecule has 0 fully saturated rings. The molecule has 0 radical (unpaired) electrons. The maximum atomic E-state index is 14.0. The third kappa shape index (κ3) is 7.55. The molecule has 0 spiro atoms. The van der Waals surface area contributed by atoms with Gasteiger partial charge in [0.05, 0.1) is 13.2 Å². The molecule has 4 heteroatoms. The second-order valence-electron chi connectivity index (χ2n) is 5.53. The number of halogens is 1. The van der Waals surface area contributed by atoms with Crippen LogP contribution in [0.1, 0.15) is 38.2 Å². The number of ether oxygens (including phenoxy) is 2. The van der Waals surface area contributed by atoms with Gasteiger partial charge in [-0.25, -0.2) is 4.39 Å². The number of hydrogen-bond acceptors (Lipinski definition) is 3. The van der Waals surface area contributed by atoms with Crippen LogP contribution in [0.25, 0.3) is 0 Å². The van der Waals surface area contributed by atoms with E-state index in [-0.39, 0.29) is 11.7 Å². The van der Waals surface area contributed by atoms with E-state index in [2.05, 4.69) is 19.2 Å². The molecule has 120 valence electrons. The van der Waals surface area contributed by atoms with Crippen LogP contribution in [-0.2, 0) is 9.47 Å². The zero-order valence-corrected chi connectivity index (χ0v) is 13.4. The third-order valence-corrected chi connectivity index (χ3v) is 3.39. The molecular formula is C17H28FNO2. The molecule has 1 aromatic rings. The van der Waals surface area contributed by atoms with Crippen molar-refractivity contribution >= 4 is 0 Å². The molecular weight excluding hydrogens is 269 g/mol. The van der Waals surface area contributed by atoms with Crippen LogP contribution < -0.4 is 5.32 Å². The van der Waals surface area contributed by atoms with Gasteiger partial charge >= 0.3 is 0 Å². The zero-order chi connectivity index (χ0) is 15.5. The molecule has 0 saturated carbocycles. The molecule has 0 heterocycles. The van der Waals surface area contributed by atoms with Crippen molar-refractivity contribution in [3.63, 3.8) is 0 Å². The topological polar surface area (TPSA) is 30.5 Å². The second kappa shape index (κ2) is 10.7. The normalized spacial score (nSPS) is 12.8. The van der Waals surface area contributed by atoms with Gasteiger partial charge in [0.1, 0.15) is 5.82 Å². The van der Waals surface area contributed by atoms with Gasteiger partial charge in [-0.05, 0) is 30.4 Å². The van der Waals surface area contributed by atoms with Crippen molar-refractivity contribution in [2.45, 2.75) is 38.6 Å². The highest BCUT2D eigenvalue weighted by atomic mass is 19.1. The molecule has 1 N–H and O–H groups in total. The average Bonchev–Trinajstić information content (AvgIpc) is 2.46. The lowest BCUT2D eigenvalue weighted by atomic mass is 9.93. The minimum atomic E-state index is -0.117. The first-order valence-electron chi connectivity index (χ1n) is 7.69. The molecule has 1 rings (SSSR count). The maximum absolute atomic E-state index is 14.0. The molecule has 1 aromatic carbocycles. The van der Waals surface area contributed by atoms with Gasteiger partial charge in [-0.2, -0.15) is 0 Å². The monoisotopic (exact) mass is 297 g/mol. The molecule has 0 aliphatic carbocycles. The summed E-state index contributed by atoms with van der Waals surface area (Å²) in [5.74, 6) is 0.0629. The molecule has 0 aliphatic heterocycles. The van der Waals surface area contributed by atoms with Crippen LogP contribution in [0, 0.1) is 5.82 Å². The summed E-state index contributed by atoms with van der Waals surface area (Å²) in [4.78, 5) is 0. The van der Waals surface area contributed by atoms with Crippen molar-refractivity contribution < 1.29 is 13.9 Å². The van der Waals surface area contributed by atoms with E-state index in [0.717, 1.165) is 24.9 Å². The van der Waals surface area contributed by atoms with Crippen LogP contribution in [0.15, 0.2) is 24.3 Å². The highest BCUT2D eigenvalue weighted by Crippen LogP contribution is 2.23. The van der Waals surface area contributed by atoms with Gasteiger partial charge < -0.3 is 14.8 Å². The summed E-state index contributed by atoms with van der Waals surface area (Å²) in [6, 6.07) is 7.45. The molecule has 0 saturated heterocycles. The van der Waals surface area contributed by atoms with Crippen LogP contribution in [0.5, 0.6) is 0 Å². The van der Waals surface area contributed by atoms with Gasteiger partial charge in [-0.1, -0.05) is 32.0 Å². The molecule has 0 bridgehead atoms. The molecule has 21 heavy (non-hydrogen) atoms. The summed E-state index contributed by atoms with van der Waals surface area (Å²) in [6.45, 7) is 6.92. The maximum Gasteiger partial charge on any atom is 0.126 e. The summed E-state index contributed by atoms with van der Waals surface area (Å²) < 4.78 is 24.4. The van der Waals surface area contributed by atoms with Gasteiger partial charge in [-0.3, -0.25) is 0 Å². The molecule has 3 nitrogen and oxygen atoms in total. The summed E-state index contributed by atoms with van der Waals surface area (Å²) in [5.41, 5.74) is 0.794. The lowest BCUT2D eigenvalue weighted by Gasteiger charge is -2.20. The first-order chi connectivity index (χ1) is 10.1. The van der Waals surface area contributed by atoms with Gasteiger partial charge in [0.2, 0.25) is 0 Å². The largest absolute Gasteiger partial charge is 0.382 e. The standard InChI is InChI=1S/C17H28FNO2/c1-14(2)19-13-15(7-6-10-21-12-11-20-3)16-8-4-5-9-17(16)18/h4-5,8-9,14-15,19H,6-7,10-13H2,1-3H3. The summed E-state index contributed by atoms with van der Waals surface area (Å²) in [7, 11) is 1.66. The lowest BCUT2D eigenvalue weighted by Crippen LogP contribution is -2.28. The predicted molar refractivity (Wildman–Crippen MR) is 84.2 cm³/mol. The van der Waals surface area contributed by atoms with Crippen molar-refractivity contribution in [1.29, 1.82) is 0 Å². The Labute approximate surface area is 127 Å². The first kappa shape index (κ1) is 18.1. The van der Waals surface area contributed by atoms with E-state index >= 15 is 0 Å². The zero-order valence-electron chi connectivity index (χ0n) is 13.4. The van der Waals surface area contributed by atoms with Gasteiger partial charge in [0.15, 0.2) is 0 Å². The Balaban J connectivity index is 2.47. The quantitative estimate of drug-likeness (QED) is 0.635. The smallest absolute Gasteiger partial charge is 0.126 e. The molecule has 0 aromatic heterocycles. The van der Waals surface area contributed by atoms with E-state index in [1.54, 1.807) is 13.2 Å². The second-order valence-corrected chi connectivity index (χ2v) is 5.53. The highest BCUT2D eigenvalue weighted by molar-refractivity contribution is 5.22. The van der Waals surface area contributed by atoms with Crippen molar-refractivity contribution in [2.75, 3.05) is 33.5 Å². The van der Waals surface area contributed by atoms with E-state index in [1.165, 1.54) is 6.07 Å². The van der Waals surface area contributed by atoms with E-state index in [4.69, 9.17) is 9.47 Å². The number of hydrogen-bond donors (Lipinski definition) is 1. The van der Waals surface area contributed by atoms with Crippen molar-refractivity contribution in [3.8, 4) is 0 Å². The van der Waals surface area contributed by atoms with Crippen molar-refractivity contribution in [3.05, 3.63) is 35.6 Å². The number of rotatable bonds is 11. The van der Waals surface area contributed by atoms with Gasteiger partial charge in [0.25, 0.3) is 0 Å². The summed E-state index contributed by atoms with van der Waals surface area (Å²) in [6.07, 6.45) is 1.83. The molecule has 0 amide bonds. The van der Waals surface area contributed by atoms with Gasteiger partial charge in [0, 0.05) is 26.3 Å². The van der Waals surface area contributed by atoms with E-state index in [9.17, 15) is 4.39 Å². The Kier molecular flexibility index (Phi) is 9.22. The average molecular weight is 297 g/mol. The van der Waals surface area contributed by atoms with Crippen LogP contribution in [0.2, 0.25) is 0 Å². The van der Waals surface area contributed by atoms with Crippen LogP contribution in [-0.4, -0.2) is 39.5 Å². The Morgan fingerprint density at radius 1 is 1.14 bits per heavy atom. The summed E-state index contributed by atoms with van der Waals surface area (Å²) >= 11 is 0. The number of benzene rings is 1. The fourth-order valence-corrected chi connectivity index (χ4v) is 2.23. The minimum absolute atomic E-state index is 0.117. The third-order valence-electron chi connectivity index (χ3n) is 3.39. The number of methoxy groups -OCH3 is 1. The Morgan fingerprint density at radius 2 is 1.90 bits per heavy atom. The van der Waals surface area contributed by atoms with Crippen LogP contribution in [0.4, 0.5) is 4.39 Å². The first-order valence-corrected chi connectivity index (χ1v) is 7.69. The molecule has 0 aliphatic rings. The minimum Gasteiger partial charge on any atom is -0.382 e. The van der Waals surface area contributed by atoms with Crippen molar-refractivity contribution in [1.82, 2.24) is 5.32 Å². The SMILES string of the molecule is COCCOCCCC(CNC(C)C)c1ccccc1F. The molecule has 1 atom stereocenters. The Morgan fingerprint density at radius 3 is 2.57 bits per heavy atom.